The first-order valence-electron chi connectivity index (χ1n) is 11.2. The van der Waals surface area contributed by atoms with Crippen LogP contribution in [-0.4, -0.2) is 65.3 Å². The van der Waals surface area contributed by atoms with Crippen molar-refractivity contribution in [2.45, 2.75) is 65.3 Å². The topological polar surface area (TPSA) is 79.3 Å². The lowest BCUT2D eigenvalue weighted by molar-refractivity contribution is 0.0230. The van der Waals surface area contributed by atoms with E-state index in [4.69, 9.17) is 9.47 Å². The molecule has 1 spiro atoms. The number of hydrogen-bond donors (Lipinski definition) is 1. The molecular formula is C24H34N2O5. The molecule has 3 aliphatic heterocycles. The lowest BCUT2D eigenvalue weighted by Crippen LogP contribution is -2.44. The number of aliphatic hydroxyl groups is 1. The van der Waals surface area contributed by atoms with Crippen LogP contribution in [0.25, 0.3) is 0 Å². The molecule has 1 atom stereocenters. The summed E-state index contributed by atoms with van der Waals surface area (Å²) in [6.45, 7) is 11.8. The van der Waals surface area contributed by atoms with E-state index in [1.165, 1.54) is 0 Å². The van der Waals surface area contributed by atoms with Crippen LogP contribution in [0.2, 0.25) is 0 Å². The van der Waals surface area contributed by atoms with Crippen molar-refractivity contribution in [2.75, 3.05) is 32.7 Å². The van der Waals surface area contributed by atoms with E-state index in [9.17, 15) is 14.7 Å². The highest BCUT2D eigenvalue weighted by atomic mass is 16.6. The van der Waals surface area contributed by atoms with Crippen LogP contribution in [-0.2, 0) is 16.1 Å². The average molecular weight is 431 g/mol. The lowest BCUT2D eigenvalue weighted by atomic mass is 9.77. The Morgan fingerprint density at radius 2 is 1.90 bits per heavy atom. The molecule has 2 saturated heterocycles. The maximum absolute atomic E-state index is 12.4. The predicted molar refractivity (Wildman–Crippen MR) is 116 cm³/mol. The summed E-state index contributed by atoms with van der Waals surface area (Å²) in [5.74, 6) is -0.280. The van der Waals surface area contributed by atoms with Crippen molar-refractivity contribution in [2.24, 2.45) is 5.41 Å². The minimum absolute atomic E-state index is 0.166. The zero-order valence-electron chi connectivity index (χ0n) is 19.1. The molecule has 0 unspecified atom stereocenters. The van der Waals surface area contributed by atoms with Gasteiger partial charge in [-0.2, -0.15) is 0 Å². The molecule has 0 radical (unpaired) electrons. The van der Waals surface area contributed by atoms with Gasteiger partial charge in [0.2, 0.25) is 0 Å². The molecule has 7 heteroatoms. The van der Waals surface area contributed by atoms with E-state index in [2.05, 4.69) is 4.90 Å². The van der Waals surface area contributed by atoms with Crippen molar-refractivity contribution in [3.63, 3.8) is 0 Å². The number of aliphatic hydroxyl groups excluding tert-OH is 1. The van der Waals surface area contributed by atoms with Crippen LogP contribution in [0.5, 0.6) is 0 Å². The molecule has 3 aliphatic rings. The van der Waals surface area contributed by atoms with Crippen molar-refractivity contribution >= 4 is 12.1 Å². The number of piperidine rings is 1. The van der Waals surface area contributed by atoms with Gasteiger partial charge in [0.15, 0.2) is 0 Å². The third kappa shape index (κ3) is 4.58. The van der Waals surface area contributed by atoms with E-state index >= 15 is 0 Å². The van der Waals surface area contributed by atoms with Crippen molar-refractivity contribution in [3.8, 4) is 0 Å². The summed E-state index contributed by atoms with van der Waals surface area (Å²) >= 11 is 0. The number of benzene rings is 1. The van der Waals surface area contributed by atoms with Gasteiger partial charge in [0, 0.05) is 25.2 Å². The molecule has 0 aliphatic carbocycles. The molecule has 1 N–H and O–H groups in total. The fourth-order valence-electron chi connectivity index (χ4n) is 5.11. The summed E-state index contributed by atoms with van der Waals surface area (Å²) in [5, 5.41) is 10.9. The van der Waals surface area contributed by atoms with Crippen LogP contribution in [0.4, 0.5) is 4.79 Å². The van der Waals surface area contributed by atoms with Crippen LogP contribution in [0.3, 0.4) is 0 Å². The van der Waals surface area contributed by atoms with E-state index in [0.717, 1.165) is 62.1 Å². The van der Waals surface area contributed by atoms with E-state index in [-0.39, 0.29) is 17.5 Å². The van der Waals surface area contributed by atoms with E-state index in [1.54, 1.807) is 6.07 Å². The number of fused-ring (bicyclic) bond motifs is 1. The first kappa shape index (κ1) is 22.1. The first-order valence-corrected chi connectivity index (χ1v) is 11.2. The fraction of sp³-hybridized carbons (Fsp3) is 0.667. The van der Waals surface area contributed by atoms with Crippen LogP contribution < -0.4 is 0 Å². The SMILES string of the molecule is Cc1c([C@@H](O)CN2CCC3(CC2)CCN(C(=O)OC(C)(C)C)C3)ccc2c1COC2=O. The van der Waals surface area contributed by atoms with Crippen LogP contribution >= 0.6 is 0 Å². The Labute approximate surface area is 184 Å². The molecule has 1 amide bonds. The maximum atomic E-state index is 12.4. The number of carbonyl (C=O) groups is 2. The summed E-state index contributed by atoms with van der Waals surface area (Å²) in [5.41, 5.74) is 3.03. The van der Waals surface area contributed by atoms with Crippen LogP contribution in [0.15, 0.2) is 12.1 Å². The predicted octanol–water partition coefficient (Wildman–Crippen LogP) is 3.42. The van der Waals surface area contributed by atoms with Crippen LogP contribution in [0, 0.1) is 12.3 Å². The maximum Gasteiger partial charge on any atom is 0.410 e. The molecule has 0 bridgehead atoms. The first-order chi connectivity index (χ1) is 14.6. The monoisotopic (exact) mass is 430 g/mol. The molecule has 2 fully saturated rings. The zero-order chi connectivity index (χ0) is 22.4. The highest BCUT2D eigenvalue weighted by molar-refractivity contribution is 5.93. The van der Waals surface area contributed by atoms with Gasteiger partial charge in [0.25, 0.3) is 0 Å². The number of esters is 1. The molecule has 1 aromatic rings. The standard InChI is InChI=1S/C24H34N2O5/c1-16-17(5-6-18-19(16)14-30-21(18)28)20(27)13-25-10-7-24(8-11-25)9-12-26(15-24)22(29)31-23(2,3)4/h5-6,20,27H,7-15H2,1-4H3/t20-/m0/s1. The van der Waals surface area contributed by atoms with Gasteiger partial charge in [-0.05, 0) is 82.7 Å². The lowest BCUT2D eigenvalue weighted by Gasteiger charge is -2.40. The molecule has 0 saturated carbocycles. The molecule has 4 rings (SSSR count). The largest absolute Gasteiger partial charge is 0.457 e. The highest BCUT2D eigenvalue weighted by Gasteiger charge is 2.43. The number of β-amino-alcohol motifs (C(OH)–C–C–N with tert-alkyl or cyclic N) is 1. The number of amides is 1. The van der Waals surface area contributed by atoms with Gasteiger partial charge >= 0.3 is 12.1 Å². The number of hydrogen-bond acceptors (Lipinski definition) is 6. The third-order valence-corrected chi connectivity index (χ3v) is 7.00. The minimum atomic E-state index is -0.600. The normalized spacial score (nSPS) is 21.8. The molecule has 0 aromatic heterocycles. The number of nitrogens with zero attached hydrogens (tertiary/aromatic N) is 2. The fourth-order valence-corrected chi connectivity index (χ4v) is 5.11. The minimum Gasteiger partial charge on any atom is -0.457 e. The highest BCUT2D eigenvalue weighted by Crippen LogP contribution is 2.41. The summed E-state index contributed by atoms with van der Waals surface area (Å²) in [7, 11) is 0. The smallest absolute Gasteiger partial charge is 0.410 e. The molecule has 170 valence electrons. The molecular weight excluding hydrogens is 396 g/mol. The second-order valence-electron chi connectivity index (χ2n) is 10.4. The Kier molecular flexibility index (Phi) is 5.77. The Morgan fingerprint density at radius 1 is 1.23 bits per heavy atom. The number of rotatable bonds is 3. The van der Waals surface area contributed by atoms with Gasteiger partial charge in [-0.1, -0.05) is 6.07 Å². The Morgan fingerprint density at radius 3 is 2.58 bits per heavy atom. The number of likely N-dealkylation sites (tertiary alicyclic amines) is 2. The van der Waals surface area contributed by atoms with E-state index < -0.39 is 11.7 Å². The van der Waals surface area contributed by atoms with E-state index in [1.807, 2.05) is 38.7 Å². The van der Waals surface area contributed by atoms with Gasteiger partial charge in [0.1, 0.15) is 12.2 Å². The number of ether oxygens (including phenoxy) is 2. The van der Waals surface area contributed by atoms with Crippen LogP contribution in [0.1, 0.15) is 73.2 Å². The van der Waals surface area contributed by atoms with E-state index in [0.29, 0.717) is 18.7 Å². The number of carbonyl (C=O) groups excluding carboxylic acids is 2. The quantitative estimate of drug-likeness (QED) is 0.741. The van der Waals surface area contributed by atoms with Crippen molar-refractivity contribution in [1.82, 2.24) is 9.80 Å². The summed E-state index contributed by atoms with van der Waals surface area (Å²) in [4.78, 5) is 28.3. The Bertz CT molecular complexity index is 867. The summed E-state index contributed by atoms with van der Waals surface area (Å²) in [6.07, 6.45) is 2.24. The van der Waals surface area contributed by atoms with Gasteiger partial charge in [-0.15, -0.1) is 0 Å². The molecule has 1 aromatic carbocycles. The Balaban J connectivity index is 1.32. The van der Waals surface area contributed by atoms with Crippen molar-refractivity contribution < 1.29 is 24.2 Å². The van der Waals surface area contributed by atoms with Crippen molar-refractivity contribution in [3.05, 3.63) is 34.4 Å². The van der Waals surface area contributed by atoms with Gasteiger partial charge < -0.3 is 24.4 Å². The molecule has 31 heavy (non-hydrogen) atoms. The van der Waals surface area contributed by atoms with Gasteiger partial charge in [-0.3, -0.25) is 0 Å². The zero-order valence-corrected chi connectivity index (χ0v) is 19.1. The summed E-state index contributed by atoms with van der Waals surface area (Å²) < 4.78 is 10.7. The van der Waals surface area contributed by atoms with Gasteiger partial charge in [0.05, 0.1) is 11.7 Å². The van der Waals surface area contributed by atoms with Gasteiger partial charge in [-0.25, -0.2) is 9.59 Å². The summed E-state index contributed by atoms with van der Waals surface area (Å²) in [6, 6.07) is 3.62. The Hall–Kier alpha value is -2.12. The second kappa shape index (κ2) is 8.10. The third-order valence-electron chi connectivity index (χ3n) is 7.00. The second-order valence-corrected chi connectivity index (χ2v) is 10.4. The number of cyclic esters (lactones) is 1. The van der Waals surface area contributed by atoms with Crippen molar-refractivity contribution in [1.29, 1.82) is 0 Å². The molecule has 3 heterocycles. The molecule has 7 nitrogen and oxygen atoms in total. The average Bonchev–Trinajstić information content (AvgIpc) is 3.28.